The van der Waals surface area contributed by atoms with E-state index in [1.165, 1.54) is 24.3 Å². The van der Waals surface area contributed by atoms with Gasteiger partial charge in [0.1, 0.15) is 0 Å². The van der Waals surface area contributed by atoms with Gasteiger partial charge >= 0.3 is 6.03 Å². The van der Waals surface area contributed by atoms with Crippen LogP contribution in [0.5, 0.6) is 0 Å². The standard InChI is InChI=1S/C26H32N6O3S/c1-2-20(33)31-12-4-7-16(14-31)29-24(34)23-22-21-19(9-11-28-25(21)36-23)32(26(35)30-22)17-8-10-27-18(13-17)15-5-3-6-15/h2,8,10,13,15-16,19,21,25,28H,1,3-7,9,11-12,14H2,(H,29,34)(H,30,35)/t16-,19?,21?,25?/m1/s1. The van der Waals surface area contributed by atoms with Crippen LogP contribution in [-0.2, 0) is 9.59 Å². The summed E-state index contributed by atoms with van der Waals surface area (Å²) in [5.41, 5.74) is 2.67. The Kier molecular flexibility index (Phi) is 6.25. The highest BCUT2D eigenvalue weighted by Gasteiger charge is 2.52. The minimum Gasteiger partial charge on any atom is -0.347 e. The summed E-state index contributed by atoms with van der Waals surface area (Å²) in [5.74, 6) is 0.213. The van der Waals surface area contributed by atoms with E-state index in [-0.39, 0.29) is 41.2 Å². The van der Waals surface area contributed by atoms with E-state index in [1.54, 1.807) is 4.90 Å². The number of hydrogen-bond acceptors (Lipinski definition) is 6. The lowest BCUT2D eigenvalue weighted by atomic mass is 9.82. The highest BCUT2D eigenvalue weighted by Crippen LogP contribution is 2.48. The number of hydrogen-bond donors (Lipinski definition) is 3. The number of urea groups is 1. The molecule has 4 amide bonds. The Hall–Kier alpha value is -2.85. The molecule has 36 heavy (non-hydrogen) atoms. The number of pyridine rings is 1. The number of nitrogens with zero attached hydrogens (tertiary/aromatic N) is 3. The van der Waals surface area contributed by atoms with Crippen molar-refractivity contribution in [2.45, 2.75) is 61.9 Å². The second-order valence-corrected chi connectivity index (χ2v) is 11.4. The van der Waals surface area contributed by atoms with Crippen molar-refractivity contribution in [3.63, 3.8) is 0 Å². The third-order valence-corrected chi connectivity index (χ3v) is 9.51. The molecule has 5 aliphatic rings. The normalized spacial score (nSPS) is 29.8. The van der Waals surface area contributed by atoms with Gasteiger partial charge in [-0.05, 0) is 56.9 Å². The smallest absolute Gasteiger partial charge is 0.326 e. The predicted molar refractivity (Wildman–Crippen MR) is 138 cm³/mol. The Morgan fingerprint density at radius 2 is 2.08 bits per heavy atom. The summed E-state index contributed by atoms with van der Waals surface area (Å²) in [7, 11) is 0. The van der Waals surface area contributed by atoms with Gasteiger partial charge in [-0.15, -0.1) is 0 Å². The molecule has 0 bridgehead atoms. The topological polar surface area (TPSA) is 107 Å². The molecule has 190 valence electrons. The first-order valence-corrected chi connectivity index (χ1v) is 13.8. The molecule has 4 fully saturated rings. The van der Waals surface area contributed by atoms with E-state index in [0.717, 1.165) is 55.7 Å². The Bertz CT molecular complexity index is 1130. The van der Waals surface area contributed by atoms with Gasteiger partial charge in [0.25, 0.3) is 5.91 Å². The van der Waals surface area contributed by atoms with Crippen molar-refractivity contribution < 1.29 is 14.4 Å². The van der Waals surface area contributed by atoms with E-state index in [9.17, 15) is 14.4 Å². The Morgan fingerprint density at radius 1 is 1.22 bits per heavy atom. The SMILES string of the molecule is C=CC(=O)N1CCC[C@@H](NC(=O)C2=C3NC(=O)N(c4ccnc(C5CCC5)c4)C4CCNC(S2)C34)C1. The van der Waals surface area contributed by atoms with Gasteiger partial charge < -0.3 is 20.9 Å². The third-order valence-electron chi connectivity index (χ3n) is 8.16. The number of carbonyl (C=O) groups is 3. The van der Waals surface area contributed by atoms with Crippen molar-refractivity contribution in [2.24, 2.45) is 5.92 Å². The molecule has 0 aromatic carbocycles. The Balaban J connectivity index is 1.23. The van der Waals surface area contributed by atoms with Crippen LogP contribution in [0.4, 0.5) is 10.5 Å². The summed E-state index contributed by atoms with van der Waals surface area (Å²) < 4.78 is 0. The largest absolute Gasteiger partial charge is 0.347 e. The zero-order valence-corrected chi connectivity index (χ0v) is 21.1. The number of aromatic nitrogens is 1. The minimum absolute atomic E-state index is 0.00714. The van der Waals surface area contributed by atoms with E-state index in [0.29, 0.717) is 23.9 Å². The molecule has 1 aliphatic carbocycles. The van der Waals surface area contributed by atoms with E-state index in [4.69, 9.17) is 0 Å². The van der Waals surface area contributed by atoms with Gasteiger partial charge in [0.05, 0.1) is 16.3 Å². The second kappa shape index (κ2) is 9.55. The summed E-state index contributed by atoms with van der Waals surface area (Å²) >= 11 is 1.51. The fourth-order valence-corrected chi connectivity index (χ4v) is 7.51. The first-order chi connectivity index (χ1) is 17.5. The van der Waals surface area contributed by atoms with Crippen molar-refractivity contribution >= 4 is 35.3 Å². The molecule has 9 nitrogen and oxygen atoms in total. The van der Waals surface area contributed by atoms with Gasteiger partial charge in [0.15, 0.2) is 0 Å². The van der Waals surface area contributed by atoms with Crippen LogP contribution in [0.1, 0.15) is 50.1 Å². The van der Waals surface area contributed by atoms with Crippen molar-refractivity contribution in [3.8, 4) is 0 Å². The molecule has 6 rings (SSSR count). The van der Waals surface area contributed by atoms with Crippen LogP contribution in [0.15, 0.2) is 41.6 Å². The van der Waals surface area contributed by atoms with Crippen LogP contribution >= 0.6 is 11.8 Å². The Labute approximate surface area is 215 Å². The summed E-state index contributed by atoms with van der Waals surface area (Å²) in [6, 6.07) is 3.66. The summed E-state index contributed by atoms with van der Waals surface area (Å²) in [5, 5.41) is 9.79. The number of nitrogens with one attached hydrogen (secondary N) is 3. The van der Waals surface area contributed by atoms with E-state index in [1.807, 2.05) is 17.2 Å². The average Bonchev–Trinajstić information content (AvgIpc) is 3.22. The number of carbonyl (C=O) groups excluding carboxylic acids is 3. The molecule has 3 saturated heterocycles. The summed E-state index contributed by atoms with van der Waals surface area (Å²) in [6.07, 6.45) is 9.14. The third kappa shape index (κ3) is 4.10. The van der Waals surface area contributed by atoms with Gasteiger partial charge in [0, 0.05) is 54.2 Å². The van der Waals surface area contributed by atoms with Gasteiger partial charge in [-0.25, -0.2) is 4.79 Å². The first-order valence-electron chi connectivity index (χ1n) is 13.0. The number of piperidine rings is 2. The van der Waals surface area contributed by atoms with Crippen molar-refractivity contribution in [1.29, 1.82) is 0 Å². The quantitative estimate of drug-likeness (QED) is 0.528. The molecular formula is C26H32N6O3S. The number of amides is 4. The van der Waals surface area contributed by atoms with Gasteiger partial charge in [-0.1, -0.05) is 24.8 Å². The summed E-state index contributed by atoms with van der Waals surface area (Å²) in [4.78, 5) is 47.7. The van der Waals surface area contributed by atoms with Gasteiger partial charge in [0.2, 0.25) is 5.91 Å². The first kappa shape index (κ1) is 23.5. The summed E-state index contributed by atoms with van der Waals surface area (Å²) in [6.45, 7) is 5.51. The van der Waals surface area contributed by atoms with Crippen LogP contribution in [0.2, 0.25) is 0 Å². The van der Waals surface area contributed by atoms with E-state index >= 15 is 0 Å². The van der Waals surface area contributed by atoms with Crippen molar-refractivity contribution in [2.75, 3.05) is 24.5 Å². The molecule has 1 aromatic heterocycles. The van der Waals surface area contributed by atoms with Gasteiger partial charge in [-0.3, -0.25) is 19.5 Å². The number of likely N-dealkylation sites (tertiary alicyclic amines) is 1. The van der Waals surface area contributed by atoms with Crippen LogP contribution in [0.25, 0.3) is 0 Å². The Morgan fingerprint density at radius 3 is 2.86 bits per heavy atom. The molecule has 4 aliphatic heterocycles. The molecule has 4 atom stereocenters. The fourth-order valence-electron chi connectivity index (χ4n) is 6.11. The van der Waals surface area contributed by atoms with Crippen LogP contribution < -0.4 is 20.9 Å². The molecule has 3 N–H and O–H groups in total. The predicted octanol–water partition coefficient (Wildman–Crippen LogP) is 2.43. The van der Waals surface area contributed by atoms with Crippen LogP contribution in [0, 0.1) is 5.92 Å². The number of anilines is 1. The maximum absolute atomic E-state index is 13.5. The lowest BCUT2D eigenvalue weighted by Crippen LogP contribution is -2.62. The van der Waals surface area contributed by atoms with E-state index < -0.39 is 0 Å². The molecule has 1 saturated carbocycles. The number of rotatable bonds is 5. The molecular weight excluding hydrogens is 476 g/mol. The van der Waals surface area contributed by atoms with Crippen molar-refractivity contribution in [3.05, 3.63) is 47.3 Å². The zero-order valence-electron chi connectivity index (χ0n) is 20.2. The van der Waals surface area contributed by atoms with Crippen LogP contribution in [-0.4, -0.2) is 64.8 Å². The molecule has 10 heteroatoms. The number of thioether (sulfide) groups is 1. The zero-order chi connectivity index (χ0) is 24.8. The maximum Gasteiger partial charge on any atom is 0.326 e. The van der Waals surface area contributed by atoms with Crippen molar-refractivity contribution in [1.82, 2.24) is 25.8 Å². The molecule has 5 heterocycles. The lowest BCUT2D eigenvalue weighted by Gasteiger charge is -2.46. The molecule has 3 unspecified atom stereocenters. The second-order valence-electron chi connectivity index (χ2n) is 10.3. The highest BCUT2D eigenvalue weighted by atomic mass is 32.2. The average molecular weight is 509 g/mol. The highest BCUT2D eigenvalue weighted by molar-refractivity contribution is 8.04. The molecule has 1 aromatic rings. The monoisotopic (exact) mass is 508 g/mol. The maximum atomic E-state index is 13.5. The van der Waals surface area contributed by atoms with E-state index in [2.05, 4.69) is 33.6 Å². The molecule has 0 radical (unpaired) electrons. The van der Waals surface area contributed by atoms with Crippen LogP contribution in [0.3, 0.4) is 0 Å². The molecule has 0 spiro atoms. The lowest BCUT2D eigenvalue weighted by molar-refractivity contribution is -0.128. The minimum atomic E-state index is -0.189. The fraction of sp³-hybridized carbons (Fsp3) is 0.538. The van der Waals surface area contributed by atoms with Gasteiger partial charge in [-0.2, -0.15) is 0 Å².